The number of aliphatic hydroxyl groups is 1. The summed E-state index contributed by atoms with van der Waals surface area (Å²) < 4.78 is 52.2. The monoisotopic (exact) mass is 531 g/mol. The second-order valence-corrected chi connectivity index (χ2v) is 10.5. The number of halogens is 3. The number of nitrogens with two attached hydrogens (primary N) is 1. The summed E-state index contributed by atoms with van der Waals surface area (Å²) in [4.78, 5) is 8.90. The highest BCUT2D eigenvalue weighted by molar-refractivity contribution is 7.83. The number of pyridine rings is 2. The first-order valence-electron chi connectivity index (χ1n) is 11.9. The molecule has 4 aromatic rings. The van der Waals surface area contributed by atoms with Crippen molar-refractivity contribution in [1.29, 1.82) is 0 Å². The van der Waals surface area contributed by atoms with Crippen LogP contribution in [-0.2, 0) is 11.0 Å². The van der Waals surface area contributed by atoms with Gasteiger partial charge >= 0.3 is 6.18 Å². The first-order valence-corrected chi connectivity index (χ1v) is 13.2. The van der Waals surface area contributed by atoms with Gasteiger partial charge in [0.05, 0.1) is 34.1 Å². The fraction of sp³-hybridized carbons (Fsp3) is 0.346. The van der Waals surface area contributed by atoms with Crippen LogP contribution in [0.4, 0.5) is 13.2 Å². The summed E-state index contributed by atoms with van der Waals surface area (Å²) in [7, 11) is -1.41. The number of aromatic nitrogens is 4. The van der Waals surface area contributed by atoms with Crippen molar-refractivity contribution in [3.8, 4) is 17.1 Å². The van der Waals surface area contributed by atoms with Crippen LogP contribution in [0.25, 0.3) is 28.0 Å². The normalized spacial score (nSPS) is 15.4. The predicted octanol–water partition coefficient (Wildman–Crippen LogP) is 5.36. The number of alkyl halides is 3. The van der Waals surface area contributed by atoms with E-state index in [1.54, 1.807) is 6.20 Å². The molecule has 3 aromatic heterocycles. The highest BCUT2D eigenvalue weighted by atomic mass is 32.2. The molecule has 3 N–H and O–H groups in total. The van der Waals surface area contributed by atoms with Gasteiger partial charge in [0, 0.05) is 27.8 Å². The lowest BCUT2D eigenvalue weighted by Gasteiger charge is -2.19. The zero-order chi connectivity index (χ0) is 26.7. The molecule has 1 aromatic carbocycles. The maximum absolute atomic E-state index is 13.0. The third-order valence-electron chi connectivity index (χ3n) is 6.27. The maximum Gasteiger partial charge on any atom is 0.420 e. The number of hydrogen-bond acceptors (Lipinski definition) is 5. The molecule has 196 valence electrons. The number of rotatable bonds is 9. The Morgan fingerprint density at radius 1 is 1.08 bits per heavy atom. The van der Waals surface area contributed by atoms with Gasteiger partial charge in [-0.05, 0) is 50.1 Å². The van der Waals surface area contributed by atoms with Gasteiger partial charge in [0.2, 0.25) is 0 Å². The number of hydrogen-bond donors (Lipinski definition) is 2. The molecule has 0 aliphatic heterocycles. The Bertz CT molecular complexity index is 1410. The fourth-order valence-corrected chi connectivity index (χ4v) is 4.73. The lowest BCUT2D eigenvalue weighted by atomic mass is 9.93. The molecule has 3 heterocycles. The van der Waals surface area contributed by atoms with E-state index in [4.69, 9.17) is 10.1 Å². The molecule has 2 unspecified atom stereocenters. The van der Waals surface area contributed by atoms with E-state index in [0.29, 0.717) is 11.9 Å². The third kappa shape index (κ3) is 6.06. The number of benzene rings is 1. The minimum absolute atomic E-state index is 0.105. The third-order valence-corrected chi connectivity index (χ3v) is 7.25. The van der Waals surface area contributed by atoms with E-state index in [2.05, 4.69) is 17.0 Å². The average molecular weight is 532 g/mol. The Morgan fingerprint density at radius 3 is 2.51 bits per heavy atom. The molecule has 0 fully saturated rings. The van der Waals surface area contributed by atoms with Crippen molar-refractivity contribution >= 4 is 21.9 Å². The van der Waals surface area contributed by atoms with Gasteiger partial charge in [0.25, 0.3) is 0 Å². The first kappa shape index (κ1) is 26.9. The van der Waals surface area contributed by atoms with Gasteiger partial charge in [-0.2, -0.15) is 18.3 Å². The predicted molar refractivity (Wildman–Crippen MR) is 137 cm³/mol. The molecule has 0 amide bonds. The Hall–Kier alpha value is -3.15. The van der Waals surface area contributed by atoms with Gasteiger partial charge in [0.1, 0.15) is 0 Å². The van der Waals surface area contributed by atoms with E-state index >= 15 is 0 Å². The highest BCUT2D eigenvalue weighted by Gasteiger charge is 2.40. The molecular formula is C26H28F3N5O2S. The molecule has 4 atom stereocenters. The largest absolute Gasteiger partial charge is 0.420 e. The van der Waals surface area contributed by atoms with Crippen LogP contribution in [0.15, 0.2) is 60.8 Å². The van der Waals surface area contributed by atoms with Crippen LogP contribution < -0.4 is 5.14 Å². The van der Waals surface area contributed by atoms with Crippen LogP contribution in [-0.4, -0.2) is 40.5 Å². The minimum atomic E-state index is -4.83. The molecule has 0 saturated carbocycles. The van der Waals surface area contributed by atoms with Crippen LogP contribution >= 0.6 is 0 Å². The van der Waals surface area contributed by atoms with Crippen LogP contribution in [0.1, 0.15) is 56.5 Å². The fourth-order valence-electron chi connectivity index (χ4n) is 4.31. The lowest BCUT2D eigenvalue weighted by molar-refractivity contribution is -0.207. The summed E-state index contributed by atoms with van der Waals surface area (Å²) in [6, 6.07) is 15.5. The van der Waals surface area contributed by atoms with Crippen molar-refractivity contribution in [2.45, 2.75) is 56.6 Å². The molecule has 7 nitrogen and oxygen atoms in total. The van der Waals surface area contributed by atoms with Crippen molar-refractivity contribution in [1.82, 2.24) is 19.7 Å². The van der Waals surface area contributed by atoms with Gasteiger partial charge < -0.3 is 5.11 Å². The van der Waals surface area contributed by atoms with E-state index in [1.165, 1.54) is 16.8 Å². The Labute approximate surface area is 215 Å². The lowest BCUT2D eigenvalue weighted by Crippen LogP contribution is -2.21. The topological polar surface area (TPSA) is 107 Å². The molecule has 37 heavy (non-hydrogen) atoms. The van der Waals surface area contributed by atoms with E-state index in [9.17, 15) is 22.5 Å². The zero-order valence-electron chi connectivity index (χ0n) is 20.4. The number of fused-ring (bicyclic) bond motifs is 1. The van der Waals surface area contributed by atoms with E-state index in [0.717, 1.165) is 41.2 Å². The summed E-state index contributed by atoms with van der Waals surface area (Å²) in [5.41, 5.74) is 2.54. The molecule has 0 aliphatic rings. The van der Waals surface area contributed by atoms with Gasteiger partial charge in [-0.15, -0.1) is 0 Å². The molecule has 0 bridgehead atoms. The van der Waals surface area contributed by atoms with E-state index < -0.39 is 29.0 Å². The summed E-state index contributed by atoms with van der Waals surface area (Å²) in [6.07, 6.45) is -3.43. The molecule has 11 heteroatoms. The summed E-state index contributed by atoms with van der Waals surface area (Å²) in [6.45, 7) is 3.96. The molecule has 0 aliphatic carbocycles. The van der Waals surface area contributed by atoms with Crippen LogP contribution in [0.3, 0.4) is 0 Å². The SMILES string of the molecule is CCC[C@@H](CC(C)S(N)=O)c1cccc(-c2ccc3cnn(-c4cccc([C@H](O)C(F)(F)F)n4)c3c2)n1. The quantitative estimate of drug-likeness (QED) is 0.302. The Balaban J connectivity index is 1.71. The second-order valence-electron chi connectivity index (χ2n) is 9.00. The standard InChI is InChI=1S/C26H28F3N5O2S/c1-3-6-17(13-16(2)37(30)36)20-7-4-8-21(32-20)18-11-12-19-15-31-34(23(19)14-18)24-10-5-9-22(33-24)25(35)26(27,28)29/h4-5,7-12,14-17,25,35H,3,6,13,30H2,1-2H3/t16?,17-,25-,37?/m0/s1. The number of aliphatic hydroxyl groups excluding tert-OH is 1. The second kappa shape index (κ2) is 11.1. The molecule has 0 radical (unpaired) electrons. The van der Waals surface area contributed by atoms with Gasteiger partial charge in [-0.25, -0.2) is 13.9 Å². The Morgan fingerprint density at radius 2 is 1.81 bits per heavy atom. The van der Waals surface area contributed by atoms with Gasteiger partial charge in [0.15, 0.2) is 11.9 Å². The van der Waals surface area contributed by atoms with E-state index in [-0.39, 0.29) is 17.0 Å². The summed E-state index contributed by atoms with van der Waals surface area (Å²) in [5.74, 6) is 0.259. The van der Waals surface area contributed by atoms with Crippen molar-refractivity contribution in [3.63, 3.8) is 0 Å². The average Bonchev–Trinajstić information content (AvgIpc) is 3.31. The smallest absolute Gasteiger partial charge is 0.378 e. The summed E-state index contributed by atoms with van der Waals surface area (Å²) >= 11 is 0. The number of nitrogens with zero attached hydrogens (tertiary/aromatic N) is 4. The van der Waals surface area contributed by atoms with Crippen molar-refractivity contribution in [2.24, 2.45) is 5.14 Å². The van der Waals surface area contributed by atoms with Crippen molar-refractivity contribution in [2.75, 3.05) is 0 Å². The molecule has 4 rings (SSSR count). The van der Waals surface area contributed by atoms with Crippen LogP contribution in [0.5, 0.6) is 0 Å². The van der Waals surface area contributed by atoms with Crippen molar-refractivity contribution in [3.05, 3.63) is 72.2 Å². The van der Waals surface area contributed by atoms with Crippen LogP contribution in [0, 0.1) is 0 Å². The first-order chi connectivity index (χ1) is 17.6. The molecule has 0 saturated heterocycles. The minimum Gasteiger partial charge on any atom is -0.378 e. The van der Waals surface area contributed by atoms with Gasteiger partial charge in [-0.3, -0.25) is 10.1 Å². The molecule has 0 spiro atoms. The van der Waals surface area contributed by atoms with Crippen LogP contribution in [0.2, 0.25) is 0 Å². The highest BCUT2D eigenvalue weighted by Crippen LogP contribution is 2.33. The van der Waals surface area contributed by atoms with E-state index in [1.807, 2.05) is 43.3 Å². The van der Waals surface area contributed by atoms with Gasteiger partial charge in [-0.1, -0.05) is 37.6 Å². The maximum atomic E-state index is 13.0. The summed E-state index contributed by atoms with van der Waals surface area (Å²) in [5, 5.41) is 20.2. The van der Waals surface area contributed by atoms with Crippen molar-refractivity contribution < 1.29 is 22.5 Å². The molecular weight excluding hydrogens is 503 g/mol. The zero-order valence-corrected chi connectivity index (χ0v) is 21.2. The Kier molecular flexibility index (Phi) is 8.05.